The van der Waals surface area contributed by atoms with Gasteiger partial charge < -0.3 is 9.64 Å². The molecule has 0 aromatic carbocycles. The number of ether oxygens (including phenoxy) is 1. The van der Waals surface area contributed by atoms with Crippen LogP contribution in [0.5, 0.6) is 0 Å². The van der Waals surface area contributed by atoms with E-state index in [0.29, 0.717) is 5.69 Å². The van der Waals surface area contributed by atoms with E-state index >= 15 is 0 Å². The Hall–Kier alpha value is -1.60. The summed E-state index contributed by atoms with van der Waals surface area (Å²) >= 11 is 0. The van der Waals surface area contributed by atoms with Crippen LogP contribution in [0, 0.1) is 11.3 Å². The van der Waals surface area contributed by atoms with Crippen LogP contribution in [0.1, 0.15) is 25.0 Å². The summed E-state index contributed by atoms with van der Waals surface area (Å²) in [5.74, 6) is 0. The summed E-state index contributed by atoms with van der Waals surface area (Å²) < 4.78 is 5.70. The Kier molecular flexibility index (Phi) is 3.94. The Balaban J connectivity index is 2.03. The molecule has 0 saturated carbocycles. The van der Waals surface area contributed by atoms with Crippen molar-refractivity contribution in [3.05, 3.63) is 24.0 Å². The molecule has 2 heterocycles. The van der Waals surface area contributed by atoms with Crippen molar-refractivity contribution < 1.29 is 4.74 Å². The van der Waals surface area contributed by atoms with Gasteiger partial charge in [-0.25, -0.2) is 4.98 Å². The second-order valence-electron chi connectivity index (χ2n) is 4.35. The van der Waals surface area contributed by atoms with Crippen LogP contribution in [-0.4, -0.2) is 31.3 Å². The zero-order chi connectivity index (χ0) is 12.1. The van der Waals surface area contributed by atoms with Gasteiger partial charge in [0.25, 0.3) is 0 Å². The molecule has 1 fully saturated rings. The number of nitrogens with zero attached hydrogens (tertiary/aromatic N) is 3. The standard InChI is InChI=1S/C13H17N3O/c1-16(10-11-5-2-3-8-17-11)13-6-4-7-15-12(13)9-14/h4,6-7,11H,2-3,5,8,10H2,1H3. The minimum atomic E-state index is 0.278. The molecule has 0 amide bonds. The molecule has 0 radical (unpaired) electrons. The quantitative estimate of drug-likeness (QED) is 0.798. The molecule has 0 spiro atoms. The van der Waals surface area contributed by atoms with Crippen molar-refractivity contribution in [2.75, 3.05) is 25.1 Å². The van der Waals surface area contributed by atoms with Crippen LogP contribution in [-0.2, 0) is 4.74 Å². The van der Waals surface area contributed by atoms with Crippen LogP contribution in [0.3, 0.4) is 0 Å². The third kappa shape index (κ3) is 2.95. The Labute approximate surface area is 102 Å². The predicted molar refractivity (Wildman–Crippen MR) is 65.8 cm³/mol. The second-order valence-corrected chi connectivity index (χ2v) is 4.35. The van der Waals surface area contributed by atoms with E-state index in [1.807, 2.05) is 19.2 Å². The highest BCUT2D eigenvalue weighted by molar-refractivity contribution is 5.55. The molecule has 1 aliphatic heterocycles. The van der Waals surface area contributed by atoms with Gasteiger partial charge in [0.05, 0.1) is 11.8 Å². The first kappa shape index (κ1) is 11.9. The molecule has 4 heteroatoms. The Morgan fingerprint density at radius 3 is 3.18 bits per heavy atom. The lowest BCUT2D eigenvalue weighted by Crippen LogP contribution is -2.33. The lowest BCUT2D eigenvalue weighted by molar-refractivity contribution is 0.0216. The van der Waals surface area contributed by atoms with Gasteiger partial charge in [-0.2, -0.15) is 5.26 Å². The van der Waals surface area contributed by atoms with Crippen molar-refractivity contribution in [3.8, 4) is 6.07 Å². The van der Waals surface area contributed by atoms with E-state index in [2.05, 4.69) is 16.0 Å². The summed E-state index contributed by atoms with van der Waals surface area (Å²) in [5.41, 5.74) is 1.36. The lowest BCUT2D eigenvalue weighted by Gasteiger charge is -2.28. The number of rotatable bonds is 3. The van der Waals surface area contributed by atoms with Gasteiger partial charge in [0.1, 0.15) is 6.07 Å². The van der Waals surface area contributed by atoms with Gasteiger partial charge >= 0.3 is 0 Å². The predicted octanol–water partition coefficient (Wildman–Crippen LogP) is 1.96. The maximum atomic E-state index is 9.00. The molecular weight excluding hydrogens is 214 g/mol. The zero-order valence-electron chi connectivity index (χ0n) is 10.1. The summed E-state index contributed by atoms with van der Waals surface area (Å²) in [6.45, 7) is 1.68. The largest absolute Gasteiger partial charge is 0.376 e. The Morgan fingerprint density at radius 1 is 1.59 bits per heavy atom. The molecule has 17 heavy (non-hydrogen) atoms. The third-order valence-electron chi connectivity index (χ3n) is 3.06. The summed E-state index contributed by atoms with van der Waals surface area (Å²) in [4.78, 5) is 6.12. The molecule has 1 atom stereocenters. The zero-order valence-corrected chi connectivity index (χ0v) is 10.1. The number of hydrogen-bond donors (Lipinski definition) is 0. The van der Waals surface area contributed by atoms with E-state index in [0.717, 1.165) is 31.7 Å². The molecule has 90 valence electrons. The summed E-state index contributed by atoms with van der Waals surface area (Å²) in [6.07, 6.45) is 5.42. The van der Waals surface area contributed by atoms with Gasteiger partial charge in [0, 0.05) is 26.4 Å². The molecule has 4 nitrogen and oxygen atoms in total. The fourth-order valence-corrected chi connectivity index (χ4v) is 2.15. The number of anilines is 1. The van der Waals surface area contributed by atoms with Crippen molar-refractivity contribution in [2.24, 2.45) is 0 Å². The molecule has 0 aliphatic carbocycles. The molecule has 0 N–H and O–H groups in total. The van der Waals surface area contributed by atoms with Crippen LogP contribution in [0.25, 0.3) is 0 Å². The molecule has 1 saturated heterocycles. The fourth-order valence-electron chi connectivity index (χ4n) is 2.15. The van der Waals surface area contributed by atoms with Crippen LogP contribution in [0.4, 0.5) is 5.69 Å². The topological polar surface area (TPSA) is 49.1 Å². The SMILES string of the molecule is CN(CC1CCCCO1)c1cccnc1C#N. The van der Waals surface area contributed by atoms with E-state index < -0.39 is 0 Å². The summed E-state index contributed by atoms with van der Waals surface area (Å²) in [6, 6.07) is 5.90. The highest BCUT2D eigenvalue weighted by atomic mass is 16.5. The van der Waals surface area contributed by atoms with E-state index in [1.165, 1.54) is 6.42 Å². The fraction of sp³-hybridized carbons (Fsp3) is 0.538. The van der Waals surface area contributed by atoms with E-state index in [9.17, 15) is 0 Å². The first-order valence-electron chi connectivity index (χ1n) is 5.99. The molecule has 1 aliphatic rings. The number of nitriles is 1. The average Bonchev–Trinajstić information content (AvgIpc) is 2.40. The van der Waals surface area contributed by atoms with Gasteiger partial charge in [-0.05, 0) is 31.4 Å². The van der Waals surface area contributed by atoms with Crippen molar-refractivity contribution in [1.82, 2.24) is 4.98 Å². The first-order chi connectivity index (χ1) is 8.31. The average molecular weight is 231 g/mol. The third-order valence-corrected chi connectivity index (χ3v) is 3.06. The van der Waals surface area contributed by atoms with Crippen molar-refractivity contribution in [3.63, 3.8) is 0 Å². The van der Waals surface area contributed by atoms with Gasteiger partial charge in [-0.3, -0.25) is 0 Å². The van der Waals surface area contributed by atoms with Crippen LogP contribution in [0.2, 0.25) is 0 Å². The molecular formula is C13H17N3O. The van der Waals surface area contributed by atoms with Gasteiger partial charge in [0.15, 0.2) is 5.69 Å². The van der Waals surface area contributed by atoms with Crippen LogP contribution in [0.15, 0.2) is 18.3 Å². The van der Waals surface area contributed by atoms with Gasteiger partial charge in [-0.15, -0.1) is 0 Å². The highest BCUT2D eigenvalue weighted by Crippen LogP contribution is 2.19. The van der Waals surface area contributed by atoms with Crippen molar-refractivity contribution in [2.45, 2.75) is 25.4 Å². The lowest BCUT2D eigenvalue weighted by atomic mass is 10.1. The van der Waals surface area contributed by atoms with Crippen LogP contribution >= 0.6 is 0 Å². The Morgan fingerprint density at radius 2 is 2.47 bits per heavy atom. The molecule has 1 unspecified atom stereocenters. The monoisotopic (exact) mass is 231 g/mol. The van der Waals surface area contributed by atoms with Gasteiger partial charge in [-0.1, -0.05) is 0 Å². The summed E-state index contributed by atoms with van der Waals surface area (Å²) in [5, 5.41) is 9.00. The van der Waals surface area contributed by atoms with Crippen LogP contribution < -0.4 is 4.90 Å². The van der Waals surface area contributed by atoms with Gasteiger partial charge in [0.2, 0.25) is 0 Å². The molecule has 1 aromatic heterocycles. The molecule has 1 aromatic rings. The van der Waals surface area contributed by atoms with E-state index in [-0.39, 0.29) is 6.10 Å². The summed E-state index contributed by atoms with van der Waals surface area (Å²) in [7, 11) is 1.98. The van der Waals surface area contributed by atoms with E-state index in [1.54, 1.807) is 6.20 Å². The number of pyridine rings is 1. The normalized spacial score (nSPS) is 19.6. The number of hydrogen-bond acceptors (Lipinski definition) is 4. The minimum absolute atomic E-state index is 0.278. The maximum Gasteiger partial charge on any atom is 0.163 e. The molecule has 2 rings (SSSR count). The number of likely N-dealkylation sites (N-methyl/N-ethyl adjacent to an activating group) is 1. The highest BCUT2D eigenvalue weighted by Gasteiger charge is 2.17. The molecule has 0 bridgehead atoms. The van der Waals surface area contributed by atoms with E-state index in [4.69, 9.17) is 10.00 Å². The Bertz CT molecular complexity index is 407. The maximum absolute atomic E-state index is 9.00. The number of aromatic nitrogens is 1. The van der Waals surface area contributed by atoms with Crippen molar-refractivity contribution in [1.29, 1.82) is 5.26 Å². The minimum Gasteiger partial charge on any atom is -0.376 e. The van der Waals surface area contributed by atoms with Crippen molar-refractivity contribution >= 4 is 5.69 Å². The first-order valence-corrected chi connectivity index (χ1v) is 5.99. The smallest absolute Gasteiger partial charge is 0.163 e. The second kappa shape index (κ2) is 5.65.